The van der Waals surface area contributed by atoms with E-state index in [1.807, 2.05) is 0 Å². The Morgan fingerprint density at radius 3 is 1.49 bits per heavy atom. The summed E-state index contributed by atoms with van der Waals surface area (Å²) in [5.41, 5.74) is 6.94. The molecule has 0 bridgehead atoms. The summed E-state index contributed by atoms with van der Waals surface area (Å²) in [6.45, 7) is 7.90. The van der Waals surface area contributed by atoms with Crippen LogP contribution in [0.3, 0.4) is 0 Å². The molecule has 0 N–H and O–H groups in total. The van der Waals surface area contributed by atoms with Gasteiger partial charge in [-0.1, -0.05) is 134 Å². The third-order valence-corrected chi connectivity index (χ3v) is 14.0. The SMILES string of the molecule is CCCCN(P(c1ccccc1)c1ccccc1)P1[C@H](c2ccc(C)cc2)CC[C@H]1c1ccc(C)cc1. The highest BCUT2D eigenvalue weighted by molar-refractivity contribution is 7.79. The minimum Gasteiger partial charge on any atom is -0.251 e. The molecule has 190 valence electrons. The zero-order valence-electron chi connectivity index (χ0n) is 22.4. The monoisotopic (exact) mass is 523 g/mol. The van der Waals surface area contributed by atoms with Gasteiger partial charge < -0.3 is 0 Å². The van der Waals surface area contributed by atoms with Gasteiger partial charge in [0, 0.05) is 25.9 Å². The molecule has 0 saturated carbocycles. The topological polar surface area (TPSA) is 3.24 Å². The van der Waals surface area contributed by atoms with Crippen molar-refractivity contribution < 1.29 is 0 Å². The highest BCUT2D eigenvalue weighted by Gasteiger charge is 2.44. The maximum atomic E-state index is 3.01. The van der Waals surface area contributed by atoms with E-state index in [1.54, 1.807) is 0 Å². The molecule has 1 fully saturated rings. The zero-order chi connectivity index (χ0) is 25.6. The van der Waals surface area contributed by atoms with Crippen molar-refractivity contribution in [1.29, 1.82) is 0 Å². The minimum atomic E-state index is -0.621. The lowest BCUT2D eigenvalue weighted by Crippen LogP contribution is -2.27. The van der Waals surface area contributed by atoms with Crippen LogP contribution < -0.4 is 10.6 Å². The van der Waals surface area contributed by atoms with Crippen molar-refractivity contribution in [3.05, 3.63) is 131 Å². The molecule has 1 aliphatic rings. The Balaban J connectivity index is 1.66. The second kappa shape index (κ2) is 12.5. The molecular formula is C34H39NP2. The van der Waals surface area contributed by atoms with E-state index in [0.29, 0.717) is 11.3 Å². The molecule has 5 rings (SSSR count). The molecular weight excluding hydrogens is 484 g/mol. The second-order valence-electron chi connectivity index (χ2n) is 10.2. The Bertz CT molecular complexity index is 1150. The van der Waals surface area contributed by atoms with Gasteiger partial charge in [-0.2, -0.15) is 0 Å². The maximum absolute atomic E-state index is 3.01. The first-order valence-corrected chi connectivity index (χ1v) is 16.5. The summed E-state index contributed by atoms with van der Waals surface area (Å²) in [6, 6.07) is 41.6. The van der Waals surface area contributed by atoms with Crippen LogP contribution in [0.25, 0.3) is 0 Å². The molecule has 1 aliphatic heterocycles. The number of hydrogen-bond acceptors (Lipinski definition) is 1. The van der Waals surface area contributed by atoms with Gasteiger partial charge in [0.25, 0.3) is 0 Å². The van der Waals surface area contributed by atoms with Crippen LogP contribution in [-0.2, 0) is 0 Å². The van der Waals surface area contributed by atoms with Gasteiger partial charge in [0.1, 0.15) is 0 Å². The number of nitrogens with zero attached hydrogens (tertiary/aromatic N) is 1. The highest BCUT2D eigenvalue weighted by Crippen LogP contribution is 2.76. The third kappa shape index (κ3) is 6.07. The fourth-order valence-corrected chi connectivity index (χ4v) is 13.0. The van der Waals surface area contributed by atoms with E-state index in [2.05, 4.69) is 134 Å². The number of unbranched alkanes of at least 4 members (excludes halogenated alkanes) is 1. The Labute approximate surface area is 226 Å². The molecule has 0 radical (unpaired) electrons. The van der Waals surface area contributed by atoms with Gasteiger partial charge in [0.2, 0.25) is 0 Å². The predicted octanol–water partition coefficient (Wildman–Crippen LogP) is 9.43. The van der Waals surface area contributed by atoms with Gasteiger partial charge in [0.15, 0.2) is 0 Å². The molecule has 0 amide bonds. The van der Waals surface area contributed by atoms with Gasteiger partial charge in [-0.05, 0) is 62.9 Å². The van der Waals surface area contributed by atoms with Crippen LogP contribution >= 0.6 is 16.1 Å². The third-order valence-electron chi connectivity index (χ3n) is 7.49. The zero-order valence-corrected chi connectivity index (χ0v) is 24.2. The first-order chi connectivity index (χ1) is 18.2. The van der Waals surface area contributed by atoms with E-state index in [0.717, 1.165) is 6.54 Å². The molecule has 4 aromatic carbocycles. The Morgan fingerprint density at radius 2 is 1.08 bits per heavy atom. The number of aryl methyl sites for hydroxylation is 2. The maximum Gasteiger partial charge on any atom is 0.0318 e. The summed E-state index contributed by atoms with van der Waals surface area (Å²) in [5, 5.41) is 2.94. The molecule has 37 heavy (non-hydrogen) atoms. The summed E-state index contributed by atoms with van der Waals surface area (Å²) in [7, 11) is -1.06. The molecule has 0 unspecified atom stereocenters. The van der Waals surface area contributed by atoms with Crippen LogP contribution in [0.15, 0.2) is 109 Å². The van der Waals surface area contributed by atoms with Gasteiger partial charge in [-0.25, -0.2) is 0 Å². The fourth-order valence-electron chi connectivity index (χ4n) is 5.51. The smallest absolute Gasteiger partial charge is 0.0318 e. The molecule has 0 spiro atoms. The van der Waals surface area contributed by atoms with Gasteiger partial charge in [-0.3, -0.25) is 4.44 Å². The van der Waals surface area contributed by atoms with Crippen molar-refractivity contribution >= 4 is 26.8 Å². The van der Waals surface area contributed by atoms with Crippen LogP contribution in [0.5, 0.6) is 0 Å². The van der Waals surface area contributed by atoms with Crippen LogP contribution in [-0.4, -0.2) is 11.0 Å². The molecule has 0 aromatic heterocycles. The van der Waals surface area contributed by atoms with Crippen molar-refractivity contribution in [2.24, 2.45) is 0 Å². The number of rotatable bonds is 9. The molecule has 4 aromatic rings. The van der Waals surface area contributed by atoms with Gasteiger partial charge in [-0.15, -0.1) is 0 Å². The van der Waals surface area contributed by atoms with E-state index in [9.17, 15) is 0 Å². The summed E-state index contributed by atoms with van der Waals surface area (Å²) in [4.78, 5) is 0. The lowest BCUT2D eigenvalue weighted by Gasteiger charge is -2.42. The molecule has 0 aliphatic carbocycles. The van der Waals surface area contributed by atoms with E-state index < -0.39 is 16.1 Å². The summed E-state index contributed by atoms with van der Waals surface area (Å²) < 4.78 is 3.01. The van der Waals surface area contributed by atoms with Crippen molar-refractivity contribution in [3.8, 4) is 0 Å². The normalized spacial score (nSPS) is 18.1. The Hall–Kier alpha value is -2.30. The van der Waals surface area contributed by atoms with Crippen molar-refractivity contribution in [3.63, 3.8) is 0 Å². The Kier molecular flexibility index (Phi) is 8.89. The lowest BCUT2D eigenvalue weighted by molar-refractivity contribution is 0.632. The average molecular weight is 524 g/mol. The molecule has 2 atom stereocenters. The quantitative estimate of drug-likeness (QED) is 0.198. The number of hydrogen-bond donors (Lipinski definition) is 0. The molecule has 1 saturated heterocycles. The summed E-state index contributed by atoms with van der Waals surface area (Å²) >= 11 is 0. The largest absolute Gasteiger partial charge is 0.251 e. The number of benzene rings is 4. The summed E-state index contributed by atoms with van der Waals surface area (Å²) in [6.07, 6.45) is 4.99. The molecule has 1 nitrogen and oxygen atoms in total. The average Bonchev–Trinajstić information content (AvgIpc) is 3.37. The van der Waals surface area contributed by atoms with Crippen LogP contribution in [0.4, 0.5) is 0 Å². The summed E-state index contributed by atoms with van der Waals surface area (Å²) in [5.74, 6) is 0. The van der Waals surface area contributed by atoms with Gasteiger partial charge in [0.05, 0.1) is 0 Å². The van der Waals surface area contributed by atoms with Crippen molar-refractivity contribution in [2.45, 2.75) is 57.8 Å². The van der Waals surface area contributed by atoms with Crippen LogP contribution in [0.2, 0.25) is 0 Å². The molecule has 3 heteroatoms. The van der Waals surface area contributed by atoms with E-state index >= 15 is 0 Å². The Morgan fingerprint density at radius 1 is 0.649 bits per heavy atom. The van der Waals surface area contributed by atoms with Crippen LogP contribution in [0, 0.1) is 13.8 Å². The standard InChI is InChI=1S/C34H39NP2/c1-4-5-26-35(36(31-12-8-6-9-13-31)32-14-10-7-11-15-32)37-33(29-20-16-27(2)17-21-29)24-25-34(37)30-22-18-28(3)19-23-30/h6-23,33-34H,4-5,24-26H2,1-3H3/t33-,34-/m0/s1. The van der Waals surface area contributed by atoms with Crippen LogP contribution in [0.1, 0.15) is 66.2 Å². The lowest BCUT2D eigenvalue weighted by atomic mass is 10.0. The first kappa shape index (κ1) is 26.3. The van der Waals surface area contributed by atoms with Gasteiger partial charge >= 0.3 is 0 Å². The van der Waals surface area contributed by atoms with Crippen molar-refractivity contribution in [1.82, 2.24) is 4.44 Å². The van der Waals surface area contributed by atoms with E-state index in [1.165, 1.54) is 58.5 Å². The fraction of sp³-hybridized carbons (Fsp3) is 0.294. The first-order valence-electron chi connectivity index (χ1n) is 13.7. The van der Waals surface area contributed by atoms with Crippen molar-refractivity contribution in [2.75, 3.05) is 6.54 Å². The molecule has 1 heterocycles. The second-order valence-corrected chi connectivity index (χ2v) is 15.2. The predicted molar refractivity (Wildman–Crippen MR) is 165 cm³/mol. The van der Waals surface area contributed by atoms with E-state index in [4.69, 9.17) is 0 Å². The minimum absolute atomic E-state index is 0.443. The highest BCUT2D eigenvalue weighted by atomic mass is 31.2. The van der Waals surface area contributed by atoms with E-state index in [-0.39, 0.29) is 0 Å².